The summed E-state index contributed by atoms with van der Waals surface area (Å²) in [5.41, 5.74) is 0. The van der Waals surface area contributed by atoms with Gasteiger partial charge < -0.3 is 9.53 Å². The van der Waals surface area contributed by atoms with Crippen molar-refractivity contribution in [2.45, 2.75) is 207 Å². The van der Waals surface area contributed by atoms with Crippen LogP contribution in [-0.2, 0) is 32.4 Å². The Morgan fingerprint density at radius 3 is 1.69 bits per heavy atom. The molecule has 1 saturated carbocycles. The molecule has 1 aliphatic carbocycles. The fourth-order valence-electron chi connectivity index (χ4n) is 5.17. The van der Waals surface area contributed by atoms with E-state index in [1.54, 1.807) is 7.11 Å². The van der Waals surface area contributed by atoms with Gasteiger partial charge in [-0.1, -0.05) is 58.8 Å². The number of aliphatic hydroxyl groups is 1. The summed E-state index contributed by atoms with van der Waals surface area (Å²) in [5.74, 6) is 0. The Morgan fingerprint density at radius 1 is 0.689 bits per heavy atom. The van der Waals surface area contributed by atoms with Crippen LogP contribution in [0, 0.1) is 0 Å². The van der Waals surface area contributed by atoms with Crippen LogP contribution in [0.5, 0.6) is 0 Å². The zero-order chi connectivity index (χ0) is 33.6. The number of ether oxygens (including phenoxy) is 2. The van der Waals surface area contributed by atoms with Gasteiger partial charge in [0.15, 0.2) is 0 Å². The minimum atomic E-state index is 0.257. The molecule has 0 aromatic heterocycles. The van der Waals surface area contributed by atoms with E-state index in [4.69, 9.17) is 9.47 Å². The molecular formula is C39H79NO4Os. The molecule has 1 rings (SSSR count). The summed E-state index contributed by atoms with van der Waals surface area (Å²) in [7, 11) is 1.80. The van der Waals surface area contributed by atoms with Crippen molar-refractivity contribution in [2.75, 3.05) is 33.4 Å². The van der Waals surface area contributed by atoms with Crippen molar-refractivity contribution in [1.29, 1.82) is 0 Å². The first kappa shape index (κ1) is 47.1. The number of aliphatic hydroxyl groups excluding tert-OH is 1. The van der Waals surface area contributed by atoms with Gasteiger partial charge in [-0.2, -0.15) is 0 Å². The standard InChI is InChI=1S/C28H55NO3.C8H18O.C3H6.Os/c1-3-5-15-21-28(20-6-4-2)32-27-19-14-10-8-12-17-23-29(24-26-31)22-16-11-7-9-13-18-25-30;1-4-6-7-8(5-2)9-3;1-2-3-1;/h25,28,31H,3-24,26H2,1-2H3;8H,4-7H2,1-3H3;1-3H2;. The molecule has 1 fully saturated rings. The van der Waals surface area contributed by atoms with E-state index in [2.05, 4.69) is 32.6 Å². The summed E-state index contributed by atoms with van der Waals surface area (Å²) in [4.78, 5) is 12.8. The number of carbonyl (C=O) groups excluding carboxylic acids is 1. The van der Waals surface area contributed by atoms with Crippen LogP contribution in [0.15, 0.2) is 0 Å². The summed E-state index contributed by atoms with van der Waals surface area (Å²) < 4.78 is 12.8. The molecule has 0 amide bonds. The van der Waals surface area contributed by atoms with Crippen LogP contribution in [0.3, 0.4) is 0 Å². The summed E-state index contributed by atoms with van der Waals surface area (Å²) in [6.45, 7) is 12.2. The third-order valence-electron chi connectivity index (χ3n) is 8.38. The van der Waals surface area contributed by atoms with Gasteiger partial charge in [0, 0.05) is 13.5 Å². The van der Waals surface area contributed by atoms with Gasteiger partial charge in [-0.25, -0.2) is 0 Å². The van der Waals surface area contributed by atoms with E-state index in [-0.39, 0.29) is 6.61 Å². The van der Waals surface area contributed by atoms with Gasteiger partial charge in [-0.05, 0) is 19.3 Å². The average molecular weight is 816 g/mol. The topological polar surface area (TPSA) is 59.0 Å². The second-order valence-electron chi connectivity index (χ2n) is 13.0. The van der Waals surface area contributed by atoms with Crippen LogP contribution in [0.4, 0.5) is 0 Å². The molecule has 1 aliphatic rings. The maximum absolute atomic E-state index is 10.3. The van der Waals surface area contributed by atoms with Gasteiger partial charge >= 0.3 is 180 Å². The van der Waals surface area contributed by atoms with E-state index in [1.165, 1.54) is 146 Å². The molecule has 5 nitrogen and oxygen atoms in total. The molecule has 2 unspecified atom stereocenters. The van der Waals surface area contributed by atoms with E-state index < -0.39 is 0 Å². The molecule has 0 spiro atoms. The Bertz CT molecular complexity index is 583. The molecule has 0 saturated heterocycles. The zero-order valence-electron chi connectivity index (χ0n) is 30.9. The Labute approximate surface area is 292 Å². The number of nitrogens with zero attached hydrogens (tertiary/aromatic N) is 1. The van der Waals surface area contributed by atoms with E-state index >= 15 is 0 Å². The Kier molecular flexibility index (Phi) is 42.1. The van der Waals surface area contributed by atoms with Gasteiger partial charge in [-0.3, -0.25) is 0 Å². The second-order valence-corrected chi connectivity index (χ2v) is 14.4. The zero-order valence-corrected chi connectivity index (χ0v) is 33.5. The van der Waals surface area contributed by atoms with Gasteiger partial charge in [-0.15, -0.1) is 0 Å². The van der Waals surface area contributed by atoms with Crippen molar-refractivity contribution in [3.05, 3.63) is 0 Å². The SMILES string of the molecule is C1CC1.CCCCC(CC)OC.CCCCCC(CCCC)O[C](=[Os])CCCCCCCN(CCO)CCCCCCCC=O. The van der Waals surface area contributed by atoms with Crippen molar-refractivity contribution in [2.24, 2.45) is 0 Å². The number of hydrogen-bond donors (Lipinski definition) is 1. The summed E-state index contributed by atoms with van der Waals surface area (Å²) in [6.07, 6.45) is 34.4. The number of carbonyl (C=O) groups is 1. The summed E-state index contributed by atoms with van der Waals surface area (Å²) in [6, 6.07) is 0. The number of hydrogen-bond acceptors (Lipinski definition) is 5. The van der Waals surface area contributed by atoms with E-state index in [9.17, 15) is 9.90 Å². The minimum Gasteiger partial charge on any atom is -0.303 e. The van der Waals surface area contributed by atoms with Gasteiger partial charge in [0.2, 0.25) is 0 Å². The Balaban J connectivity index is 0. The van der Waals surface area contributed by atoms with E-state index in [0.717, 1.165) is 45.2 Å². The third kappa shape index (κ3) is 40.1. The fraction of sp³-hybridized carbons (Fsp3) is 0.949. The van der Waals surface area contributed by atoms with Gasteiger partial charge in [0.1, 0.15) is 6.29 Å². The summed E-state index contributed by atoms with van der Waals surface area (Å²) >= 11 is 1.97. The van der Waals surface area contributed by atoms with Crippen LogP contribution in [-0.4, -0.2) is 66.1 Å². The first-order valence-electron chi connectivity index (χ1n) is 19.5. The molecule has 272 valence electrons. The molecule has 0 radical (unpaired) electrons. The predicted molar refractivity (Wildman–Crippen MR) is 193 cm³/mol. The van der Waals surface area contributed by atoms with Crippen molar-refractivity contribution < 1.29 is 37.5 Å². The Hall–Kier alpha value is 0.0164. The number of rotatable bonds is 32. The third-order valence-corrected chi connectivity index (χ3v) is 9.31. The van der Waals surface area contributed by atoms with Crippen molar-refractivity contribution in [3.63, 3.8) is 0 Å². The molecular weight excluding hydrogens is 737 g/mol. The van der Waals surface area contributed by atoms with Crippen LogP contribution in [0.25, 0.3) is 0 Å². The molecule has 2 atom stereocenters. The number of aldehydes is 1. The second kappa shape index (κ2) is 40.2. The average Bonchev–Trinajstić information content (AvgIpc) is 3.94. The minimum absolute atomic E-state index is 0.257. The molecule has 0 aromatic carbocycles. The van der Waals surface area contributed by atoms with Crippen molar-refractivity contribution in [3.8, 4) is 0 Å². The summed E-state index contributed by atoms with van der Waals surface area (Å²) in [5, 5.41) is 9.34. The van der Waals surface area contributed by atoms with Crippen LogP contribution in [0.1, 0.15) is 195 Å². The van der Waals surface area contributed by atoms with Crippen LogP contribution < -0.4 is 0 Å². The van der Waals surface area contributed by atoms with Crippen molar-refractivity contribution >= 4 is 10.5 Å². The molecule has 1 N–H and O–H groups in total. The first-order chi connectivity index (χ1) is 22.0. The fourth-order valence-corrected chi connectivity index (χ4v) is 6.04. The van der Waals surface area contributed by atoms with Crippen LogP contribution in [0.2, 0.25) is 0 Å². The molecule has 0 aromatic rings. The quantitative estimate of drug-likeness (QED) is 0.0541. The maximum atomic E-state index is 10.3. The monoisotopic (exact) mass is 818 g/mol. The van der Waals surface area contributed by atoms with Gasteiger partial charge in [0.05, 0.1) is 6.10 Å². The van der Waals surface area contributed by atoms with Crippen molar-refractivity contribution in [1.82, 2.24) is 4.90 Å². The molecule has 0 bridgehead atoms. The smallest absolute Gasteiger partial charge is 0.303 e. The molecule has 6 heteroatoms. The molecule has 45 heavy (non-hydrogen) atoms. The molecule has 0 heterocycles. The van der Waals surface area contributed by atoms with E-state index in [0.29, 0.717) is 18.6 Å². The normalized spacial score (nSPS) is 13.4. The number of methoxy groups -OCH3 is 1. The van der Waals surface area contributed by atoms with Gasteiger partial charge in [0.25, 0.3) is 0 Å². The van der Waals surface area contributed by atoms with Crippen LogP contribution >= 0.6 is 0 Å². The molecule has 0 aliphatic heterocycles. The first-order valence-corrected chi connectivity index (χ1v) is 20.8. The van der Waals surface area contributed by atoms with E-state index in [1.807, 2.05) is 18.1 Å². The Morgan fingerprint density at radius 2 is 1.20 bits per heavy atom. The number of unbranched alkanes of at least 4 members (excludes halogenated alkanes) is 13. The predicted octanol–water partition coefficient (Wildman–Crippen LogP) is 10.8.